The summed E-state index contributed by atoms with van der Waals surface area (Å²) in [6, 6.07) is 3.63. The van der Waals surface area contributed by atoms with Gasteiger partial charge in [-0.2, -0.15) is 0 Å². The SMILES string of the molecule is Cc1cc(C#C[Si](C)(C)C)cc(C=O)n1. The molecule has 0 bridgehead atoms. The molecule has 0 N–H and O–H groups in total. The second-order valence-corrected chi connectivity index (χ2v) is 9.29. The monoisotopic (exact) mass is 217 g/mol. The fraction of sp³-hybridized carbons (Fsp3) is 0.333. The van der Waals surface area contributed by atoms with Gasteiger partial charge in [-0.05, 0) is 19.1 Å². The molecule has 0 aliphatic rings. The van der Waals surface area contributed by atoms with Crippen LogP contribution in [0.4, 0.5) is 0 Å². The van der Waals surface area contributed by atoms with Crippen LogP contribution in [-0.2, 0) is 0 Å². The van der Waals surface area contributed by atoms with Crippen molar-refractivity contribution in [3.05, 3.63) is 29.1 Å². The lowest BCUT2D eigenvalue weighted by Gasteiger charge is -2.03. The largest absolute Gasteiger partial charge is 0.296 e. The van der Waals surface area contributed by atoms with Crippen LogP contribution >= 0.6 is 0 Å². The average Bonchev–Trinajstić information content (AvgIpc) is 2.13. The molecule has 0 saturated heterocycles. The van der Waals surface area contributed by atoms with Gasteiger partial charge in [0, 0.05) is 11.3 Å². The average molecular weight is 217 g/mol. The molecule has 2 nitrogen and oxygen atoms in total. The first-order valence-electron chi connectivity index (χ1n) is 4.88. The van der Waals surface area contributed by atoms with Crippen molar-refractivity contribution in [2.24, 2.45) is 0 Å². The molecule has 1 aromatic heterocycles. The third kappa shape index (κ3) is 4.09. The standard InChI is InChI=1S/C12H15NOSi/c1-10-7-11(5-6-15(2,3)4)8-12(9-14)13-10/h7-9H,1-4H3. The maximum absolute atomic E-state index is 10.6. The smallest absolute Gasteiger partial charge is 0.168 e. The third-order valence-corrected chi connectivity index (χ3v) is 2.55. The van der Waals surface area contributed by atoms with Crippen LogP contribution in [0.25, 0.3) is 0 Å². The normalized spacial score (nSPS) is 10.4. The fourth-order valence-electron chi connectivity index (χ4n) is 1.09. The summed E-state index contributed by atoms with van der Waals surface area (Å²) in [6.45, 7) is 8.44. The van der Waals surface area contributed by atoms with Crippen LogP contribution in [0.1, 0.15) is 21.7 Å². The van der Waals surface area contributed by atoms with Crippen LogP contribution in [0.5, 0.6) is 0 Å². The van der Waals surface area contributed by atoms with Crippen LogP contribution in [0.15, 0.2) is 12.1 Å². The highest BCUT2D eigenvalue weighted by atomic mass is 28.3. The Morgan fingerprint density at radius 2 is 2.00 bits per heavy atom. The number of aromatic nitrogens is 1. The van der Waals surface area contributed by atoms with Crippen LogP contribution in [0.2, 0.25) is 19.6 Å². The van der Waals surface area contributed by atoms with E-state index in [4.69, 9.17) is 0 Å². The van der Waals surface area contributed by atoms with Gasteiger partial charge >= 0.3 is 0 Å². The Labute approximate surface area is 91.7 Å². The molecule has 0 saturated carbocycles. The van der Waals surface area contributed by atoms with Crippen LogP contribution in [-0.4, -0.2) is 19.3 Å². The second-order valence-electron chi connectivity index (χ2n) is 4.54. The van der Waals surface area contributed by atoms with Crippen molar-refractivity contribution in [3.8, 4) is 11.5 Å². The summed E-state index contributed by atoms with van der Waals surface area (Å²) in [5, 5.41) is 0. The van der Waals surface area contributed by atoms with Crippen molar-refractivity contribution in [2.45, 2.75) is 26.6 Å². The van der Waals surface area contributed by atoms with E-state index in [9.17, 15) is 4.79 Å². The van der Waals surface area contributed by atoms with Gasteiger partial charge in [-0.15, -0.1) is 5.54 Å². The van der Waals surface area contributed by atoms with Gasteiger partial charge in [-0.1, -0.05) is 25.6 Å². The Morgan fingerprint density at radius 3 is 2.53 bits per heavy atom. The maximum atomic E-state index is 10.6. The van der Waals surface area contributed by atoms with Crippen molar-refractivity contribution in [2.75, 3.05) is 0 Å². The van der Waals surface area contributed by atoms with Crippen molar-refractivity contribution in [1.82, 2.24) is 4.98 Å². The van der Waals surface area contributed by atoms with E-state index in [1.165, 1.54) is 0 Å². The topological polar surface area (TPSA) is 30.0 Å². The molecule has 0 aliphatic carbocycles. The molecular weight excluding hydrogens is 202 g/mol. The number of carbonyl (C=O) groups excluding carboxylic acids is 1. The second kappa shape index (κ2) is 4.41. The molecule has 3 heteroatoms. The summed E-state index contributed by atoms with van der Waals surface area (Å²) >= 11 is 0. The summed E-state index contributed by atoms with van der Waals surface area (Å²) in [4.78, 5) is 14.7. The summed E-state index contributed by atoms with van der Waals surface area (Å²) in [6.07, 6.45) is 0.757. The van der Waals surface area contributed by atoms with E-state index in [0.717, 1.165) is 17.5 Å². The zero-order chi connectivity index (χ0) is 11.5. The van der Waals surface area contributed by atoms with E-state index in [0.29, 0.717) is 5.69 Å². The van der Waals surface area contributed by atoms with E-state index < -0.39 is 8.07 Å². The highest BCUT2D eigenvalue weighted by Crippen LogP contribution is 2.04. The van der Waals surface area contributed by atoms with E-state index in [2.05, 4.69) is 36.1 Å². The van der Waals surface area contributed by atoms with Gasteiger partial charge in [0.05, 0.1) is 0 Å². The Hall–Kier alpha value is -1.40. The van der Waals surface area contributed by atoms with E-state index >= 15 is 0 Å². The van der Waals surface area contributed by atoms with Crippen molar-refractivity contribution in [1.29, 1.82) is 0 Å². The number of nitrogens with zero attached hydrogens (tertiary/aromatic N) is 1. The molecule has 0 fully saturated rings. The Morgan fingerprint density at radius 1 is 1.33 bits per heavy atom. The van der Waals surface area contributed by atoms with Crippen molar-refractivity contribution in [3.63, 3.8) is 0 Å². The Bertz CT molecular complexity index is 435. The molecule has 0 aliphatic heterocycles. The Balaban J connectivity index is 3.09. The van der Waals surface area contributed by atoms with Crippen LogP contribution in [0, 0.1) is 18.4 Å². The lowest BCUT2D eigenvalue weighted by Crippen LogP contribution is -2.16. The van der Waals surface area contributed by atoms with E-state index in [-0.39, 0.29) is 0 Å². The fourth-order valence-corrected chi connectivity index (χ4v) is 1.61. The molecular formula is C12H15NOSi. The maximum Gasteiger partial charge on any atom is 0.168 e. The molecule has 0 radical (unpaired) electrons. The van der Waals surface area contributed by atoms with E-state index in [1.807, 2.05) is 13.0 Å². The van der Waals surface area contributed by atoms with Crippen molar-refractivity contribution >= 4 is 14.4 Å². The predicted molar refractivity (Wildman–Crippen MR) is 64.6 cm³/mol. The first-order chi connectivity index (χ1) is 6.90. The minimum atomic E-state index is -1.35. The zero-order valence-corrected chi connectivity index (χ0v) is 10.6. The summed E-state index contributed by atoms with van der Waals surface area (Å²) < 4.78 is 0. The third-order valence-electron chi connectivity index (χ3n) is 1.68. The molecule has 15 heavy (non-hydrogen) atoms. The number of carbonyl (C=O) groups is 1. The van der Waals surface area contributed by atoms with E-state index in [1.54, 1.807) is 6.07 Å². The molecule has 1 rings (SSSR count). The molecule has 1 heterocycles. The molecule has 0 spiro atoms. The number of aryl methyl sites for hydroxylation is 1. The van der Waals surface area contributed by atoms with Gasteiger partial charge in [0.2, 0.25) is 0 Å². The van der Waals surface area contributed by atoms with Gasteiger partial charge in [0.25, 0.3) is 0 Å². The predicted octanol–water partition coefficient (Wildman–Crippen LogP) is 2.43. The highest BCUT2D eigenvalue weighted by Gasteiger charge is 2.07. The van der Waals surface area contributed by atoms with Gasteiger partial charge in [0.15, 0.2) is 6.29 Å². The van der Waals surface area contributed by atoms with Crippen molar-refractivity contribution < 1.29 is 4.79 Å². The minimum Gasteiger partial charge on any atom is -0.296 e. The molecule has 0 unspecified atom stereocenters. The number of hydrogen-bond acceptors (Lipinski definition) is 2. The zero-order valence-electron chi connectivity index (χ0n) is 9.59. The lowest BCUT2D eigenvalue weighted by molar-refractivity contribution is 0.111. The quantitative estimate of drug-likeness (QED) is 0.411. The first-order valence-corrected chi connectivity index (χ1v) is 8.38. The number of pyridine rings is 1. The Kier molecular flexibility index (Phi) is 3.43. The van der Waals surface area contributed by atoms with Crippen LogP contribution in [0.3, 0.4) is 0 Å². The molecule has 0 aromatic carbocycles. The molecule has 78 valence electrons. The summed E-state index contributed by atoms with van der Waals surface area (Å²) in [5.41, 5.74) is 5.43. The lowest BCUT2D eigenvalue weighted by atomic mass is 10.2. The van der Waals surface area contributed by atoms with Gasteiger partial charge in [-0.25, -0.2) is 0 Å². The summed E-state index contributed by atoms with van der Waals surface area (Å²) in [7, 11) is -1.35. The summed E-state index contributed by atoms with van der Waals surface area (Å²) in [5.74, 6) is 3.11. The first kappa shape index (κ1) is 11.7. The van der Waals surface area contributed by atoms with Crippen LogP contribution < -0.4 is 0 Å². The molecule has 0 amide bonds. The number of aldehydes is 1. The highest BCUT2D eigenvalue weighted by molar-refractivity contribution is 6.83. The van der Waals surface area contributed by atoms with Gasteiger partial charge in [-0.3, -0.25) is 9.78 Å². The van der Waals surface area contributed by atoms with Gasteiger partial charge in [0.1, 0.15) is 13.8 Å². The molecule has 0 atom stereocenters. The molecule has 1 aromatic rings. The number of rotatable bonds is 1. The minimum absolute atomic E-state index is 0.454. The van der Waals surface area contributed by atoms with Gasteiger partial charge < -0.3 is 0 Å². The number of hydrogen-bond donors (Lipinski definition) is 0.